The van der Waals surface area contributed by atoms with Gasteiger partial charge < -0.3 is 4.84 Å². The van der Waals surface area contributed by atoms with Crippen LogP contribution in [0.4, 0.5) is 13.2 Å². The molecule has 0 unspecified atom stereocenters. The minimum absolute atomic E-state index is 0.323. The van der Waals surface area contributed by atoms with E-state index in [9.17, 15) is 13.2 Å². The van der Waals surface area contributed by atoms with E-state index >= 15 is 0 Å². The molecular weight excluding hydrogens is 339 g/mol. The number of benzene rings is 2. The zero-order valence-corrected chi connectivity index (χ0v) is 15.7. The number of rotatable bonds is 5. The highest BCUT2D eigenvalue weighted by molar-refractivity contribution is 6.12. The molecule has 0 saturated carbocycles. The Morgan fingerprint density at radius 3 is 1.73 bits per heavy atom. The third kappa shape index (κ3) is 4.65. The molecule has 0 aliphatic heterocycles. The normalized spacial score (nSPS) is 12.8. The molecule has 0 radical (unpaired) electrons. The van der Waals surface area contributed by atoms with E-state index in [0.717, 1.165) is 28.8 Å². The van der Waals surface area contributed by atoms with Crippen molar-refractivity contribution < 1.29 is 18.0 Å². The highest BCUT2D eigenvalue weighted by Gasteiger charge is 2.30. The molecule has 140 valence electrons. The summed E-state index contributed by atoms with van der Waals surface area (Å²) in [4.78, 5) is 4.98. The summed E-state index contributed by atoms with van der Waals surface area (Å²) >= 11 is 0. The maximum absolute atomic E-state index is 12.8. The van der Waals surface area contributed by atoms with Crippen molar-refractivity contribution in [2.24, 2.45) is 5.16 Å². The highest BCUT2D eigenvalue weighted by atomic mass is 19.4. The number of hydrogen-bond donors (Lipinski definition) is 0. The van der Waals surface area contributed by atoms with Crippen LogP contribution < -0.4 is 0 Å². The first kappa shape index (κ1) is 20.0. The van der Waals surface area contributed by atoms with Gasteiger partial charge in [-0.25, -0.2) is 0 Å². The lowest BCUT2D eigenvalue weighted by Gasteiger charge is -2.16. The van der Waals surface area contributed by atoms with Crippen molar-refractivity contribution in [2.75, 3.05) is 7.11 Å². The van der Waals surface area contributed by atoms with E-state index in [1.807, 2.05) is 12.1 Å². The van der Waals surface area contributed by atoms with Gasteiger partial charge in [0, 0.05) is 11.1 Å². The van der Waals surface area contributed by atoms with E-state index in [4.69, 9.17) is 4.84 Å². The Labute approximate surface area is 152 Å². The molecule has 2 aromatic carbocycles. The van der Waals surface area contributed by atoms with Gasteiger partial charge in [-0.2, -0.15) is 13.2 Å². The summed E-state index contributed by atoms with van der Waals surface area (Å²) in [6.07, 6.45) is -4.36. The lowest BCUT2D eigenvalue weighted by Crippen LogP contribution is -2.09. The molecular formula is C21H24F3NO. The fraction of sp³-hybridized carbons (Fsp3) is 0.381. The minimum Gasteiger partial charge on any atom is -0.399 e. The summed E-state index contributed by atoms with van der Waals surface area (Å²) in [6, 6.07) is 11.2. The van der Waals surface area contributed by atoms with Crippen LogP contribution in [-0.4, -0.2) is 12.8 Å². The van der Waals surface area contributed by atoms with E-state index in [1.165, 1.54) is 19.2 Å². The fourth-order valence-corrected chi connectivity index (χ4v) is 2.66. The van der Waals surface area contributed by atoms with Crippen molar-refractivity contribution in [3.8, 4) is 0 Å². The maximum atomic E-state index is 12.8. The second-order valence-corrected chi connectivity index (χ2v) is 6.90. The number of alkyl halides is 3. The third-order valence-corrected chi connectivity index (χ3v) is 4.25. The minimum atomic E-state index is -4.36. The van der Waals surface area contributed by atoms with Gasteiger partial charge in [0.15, 0.2) is 0 Å². The second kappa shape index (κ2) is 7.94. The molecule has 0 N–H and O–H groups in total. The van der Waals surface area contributed by atoms with Gasteiger partial charge in [0.05, 0.1) is 5.56 Å². The quantitative estimate of drug-likeness (QED) is 0.448. The average Bonchev–Trinajstić information content (AvgIpc) is 2.58. The first-order valence-electron chi connectivity index (χ1n) is 8.57. The van der Waals surface area contributed by atoms with Crippen molar-refractivity contribution in [1.29, 1.82) is 0 Å². The average molecular weight is 363 g/mol. The van der Waals surface area contributed by atoms with Crippen LogP contribution in [0.15, 0.2) is 47.6 Å². The van der Waals surface area contributed by atoms with Gasteiger partial charge >= 0.3 is 6.18 Å². The number of nitrogens with zero attached hydrogens (tertiary/aromatic N) is 1. The lowest BCUT2D eigenvalue weighted by atomic mass is 9.90. The molecule has 0 aliphatic rings. The Kier molecular flexibility index (Phi) is 6.11. The van der Waals surface area contributed by atoms with Gasteiger partial charge in [0.2, 0.25) is 0 Å². The van der Waals surface area contributed by atoms with Gasteiger partial charge in [-0.1, -0.05) is 51.0 Å². The standard InChI is InChI=1S/C21H24F3NO/c1-13(2)16-10-17(14(3)4)12-18(11-16)20(25-26-5)15-6-8-19(9-7-15)21(22,23)24/h6-14H,1-5H3/b25-20-. The van der Waals surface area contributed by atoms with Crippen LogP contribution in [0.1, 0.15) is 67.3 Å². The van der Waals surface area contributed by atoms with Crippen LogP contribution >= 0.6 is 0 Å². The van der Waals surface area contributed by atoms with Crippen LogP contribution in [0.5, 0.6) is 0 Å². The molecule has 0 spiro atoms. The van der Waals surface area contributed by atoms with Crippen molar-refractivity contribution in [3.63, 3.8) is 0 Å². The lowest BCUT2D eigenvalue weighted by molar-refractivity contribution is -0.137. The highest BCUT2D eigenvalue weighted by Crippen LogP contribution is 2.30. The summed E-state index contributed by atoms with van der Waals surface area (Å²) < 4.78 is 38.5. The van der Waals surface area contributed by atoms with Gasteiger partial charge in [-0.05, 0) is 47.2 Å². The molecule has 2 rings (SSSR count). The van der Waals surface area contributed by atoms with Crippen LogP contribution in [0.3, 0.4) is 0 Å². The van der Waals surface area contributed by atoms with Crippen molar-refractivity contribution in [3.05, 3.63) is 70.3 Å². The van der Waals surface area contributed by atoms with E-state index in [0.29, 0.717) is 23.1 Å². The zero-order chi connectivity index (χ0) is 19.5. The first-order chi connectivity index (χ1) is 12.1. The van der Waals surface area contributed by atoms with Crippen LogP contribution in [0.2, 0.25) is 0 Å². The van der Waals surface area contributed by atoms with E-state index in [1.54, 1.807) is 0 Å². The summed E-state index contributed by atoms with van der Waals surface area (Å²) in [5.41, 5.74) is 3.56. The van der Waals surface area contributed by atoms with Gasteiger partial charge in [-0.15, -0.1) is 0 Å². The van der Waals surface area contributed by atoms with E-state index < -0.39 is 11.7 Å². The summed E-state index contributed by atoms with van der Waals surface area (Å²) in [7, 11) is 1.43. The van der Waals surface area contributed by atoms with Crippen molar-refractivity contribution in [1.82, 2.24) is 0 Å². The molecule has 0 heterocycles. The number of hydrogen-bond acceptors (Lipinski definition) is 2. The third-order valence-electron chi connectivity index (χ3n) is 4.25. The van der Waals surface area contributed by atoms with Crippen LogP contribution in [0.25, 0.3) is 0 Å². The summed E-state index contributed by atoms with van der Waals surface area (Å²) in [5.74, 6) is 0.646. The Hall–Kier alpha value is -2.30. The Morgan fingerprint density at radius 2 is 1.35 bits per heavy atom. The predicted molar refractivity (Wildman–Crippen MR) is 98.7 cm³/mol. The molecule has 26 heavy (non-hydrogen) atoms. The first-order valence-corrected chi connectivity index (χ1v) is 8.57. The number of oxime groups is 1. The molecule has 0 aliphatic carbocycles. The molecule has 5 heteroatoms. The van der Waals surface area contributed by atoms with Crippen molar-refractivity contribution in [2.45, 2.75) is 45.7 Å². The molecule has 0 aromatic heterocycles. The molecule has 2 nitrogen and oxygen atoms in total. The predicted octanol–water partition coefficient (Wildman–Crippen LogP) is 6.35. The van der Waals surface area contributed by atoms with Gasteiger partial charge in [0.25, 0.3) is 0 Å². The smallest absolute Gasteiger partial charge is 0.399 e. The van der Waals surface area contributed by atoms with Crippen LogP contribution in [0, 0.1) is 0 Å². The molecule has 0 fully saturated rings. The summed E-state index contributed by atoms with van der Waals surface area (Å²) in [5, 5.41) is 4.09. The Morgan fingerprint density at radius 1 is 0.846 bits per heavy atom. The van der Waals surface area contributed by atoms with Gasteiger partial charge in [-0.3, -0.25) is 0 Å². The maximum Gasteiger partial charge on any atom is 0.416 e. The molecule has 0 bridgehead atoms. The van der Waals surface area contributed by atoms with Crippen molar-refractivity contribution >= 4 is 5.71 Å². The Bertz CT molecular complexity index is 749. The largest absolute Gasteiger partial charge is 0.416 e. The topological polar surface area (TPSA) is 21.6 Å². The van der Waals surface area contributed by atoms with E-state index in [-0.39, 0.29) is 0 Å². The summed E-state index contributed by atoms with van der Waals surface area (Å²) in [6.45, 7) is 8.42. The number of halogens is 3. The van der Waals surface area contributed by atoms with E-state index in [2.05, 4.69) is 38.9 Å². The molecule has 0 amide bonds. The second-order valence-electron chi connectivity index (χ2n) is 6.90. The fourth-order valence-electron chi connectivity index (χ4n) is 2.66. The SMILES string of the molecule is CO/N=C(/c1ccc(C(F)(F)F)cc1)c1cc(C(C)C)cc(C(C)C)c1. The van der Waals surface area contributed by atoms with Gasteiger partial charge in [0.1, 0.15) is 12.8 Å². The van der Waals surface area contributed by atoms with Crippen LogP contribution in [-0.2, 0) is 11.0 Å². The molecule has 0 atom stereocenters. The molecule has 2 aromatic rings. The zero-order valence-electron chi connectivity index (χ0n) is 15.7. The molecule has 0 saturated heterocycles. The Balaban J connectivity index is 2.56. The monoisotopic (exact) mass is 363 g/mol.